The second-order valence-electron chi connectivity index (χ2n) is 0.101. The van der Waals surface area contributed by atoms with Gasteiger partial charge in [-0.3, -0.25) is 0 Å². The Kier molecular flexibility index (Phi) is 60.3. The van der Waals surface area contributed by atoms with Gasteiger partial charge in [0.15, 0.2) is 0 Å². The number of hydrogen-bond acceptors (Lipinski definition) is 0. The van der Waals surface area contributed by atoms with Gasteiger partial charge in [-0.1, -0.05) is 0 Å². The van der Waals surface area contributed by atoms with Crippen LogP contribution in [-0.2, 0) is 0 Å². The molecule has 0 N–H and O–H groups in total. The van der Waals surface area contributed by atoms with Crippen molar-refractivity contribution in [3.05, 3.63) is 0 Å². The first-order valence-electron chi connectivity index (χ1n) is 0.535. The maximum atomic E-state index is 4.90. The van der Waals surface area contributed by atoms with Gasteiger partial charge in [0, 0.05) is 8.41 Å². The van der Waals surface area contributed by atoms with Crippen LogP contribution in [0.5, 0.6) is 0 Å². The lowest BCUT2D eigenvalue weighted by atomic mass is 10.8. The third-order valence-electron chi connectivity index (χ3n) is 0. The zero-order valence-electron chi connectivity index (χ0n) is 2.75. The van der Waals surface area contributed by atoms with Crippen molar-refractivity contribution in [3.8, 4) is 0 Å². The first kappa shape index (κ1) is 16.3. The average molecular weight is 146 g/mol. The van der Waals surface area contributed by atoms with Crippen LogP contribution in [-0.4, -0.2) is 16.6 Å². The summed E-state index contributed by atoms with van der Waals surface area (Å²) >= 11 is 9.81. The summed E-state index contributed by atoms with van der Waals surface area (Å²) in [5, 5.41) is 0. The number of halogens is 2. The summed E-state index contributed by atoms with van der Waals surface area (Å²) in [6.45, 7) is 0. The second-order valence-corrected chi connectivity index (χ2v) is 2.73. The fourth-order valence-electron chi connectivity index (χ4n) is 0. The molecule has 0 nitrogen and oxygen atoms in total. The van der Waals surface area contributed by atoms with E-state index in [1.165, 1.54) is 0 Å². The monoisotopic (exact) mass is 145 g/mol. The first-order valence-corrected chi connectivity index (χ1v) is 4.81. The molecule has 0 aliphatic carbocycles. The van der Waals surface area contributed by atoms with Crippen molar-refractivity contribution in [3.63, 3.8) is 0 Å². The second kappa shape index (κ2) is 18.6. The molecule has 0 amide bonds. The Hall–Kier alpha value is 1.29. The Morgan fingerprint density at radius 1 is 1.20 bits per heavy atom. The van der Waals surface area contributed by atoms with E-state index in [9.17, 15) is 0 Å². The van der Waals surface area contributed by atoms with Crippen molar-refractivity contribution in [1.82, 2.24) is 0 Å². The van der Waals surface area contributed by atoms with Gasteiger partial charge in [-0.25, -0.2) is 0 Å². The fraction of sp³-hybridized carbons (Fsp3) is 0. The summed E-state index contributed by atoms with van der Waals surface area (Å²) < 4.78 is 0. The summed E-state index contributed by atoms with van der Waals surface area (Å²) in [5.41, 5.74) is 0. The quantitative estimate of drug-likeness (QED) is 0.259. The topological polar surface area (TPSA) is 0 Å². The normalized spacial score (nSPS) is 3.60. The predicted molar refractivity (Wildman–Crippen MR) is 37.1 cm³/mol. The molecule has 5 heteroatoms. The van der Waals surface area contributed by atoms with Gasteiger partial charge < -0.3 is 0 Å². The van der Waals surface area contributed by atoms with E-state index in [0.29, 0.717) is 0 Å². The van der Waals surface area contributed by atoms with Crippen LogP contribution in [0.2, 0.25) is 0 Å². The highest BCUT2D eigenvalue weighted by Crippen LogP contribution is 1.67. The molecule has 0 saturated carbocycles. The van der Waals surface area contributed by atoms with Crippen LogP contribution < -0.4 is 0 Å². The Labute approximate surface area is 49.0 Å². The molecule has 5 heavy (non-hydrogen) atoms. The summed E-state index contributed by atoms with van der Waals surface area (Å²) in [5.74, 6) is 0. The van der Waals surface area contributed by atoms with E-state index in [1.54, 1.807) is 0 Å². The van der Waals surface area contributed by atoms with Crippen molar-refractivity contribution < 1.29 is 0 Å². The maximum absolute atomic E-state index is 4.90. The van der Waals surface area contributed by atoms with E-state index in [0.717, 1.165) is 0 Å². The van der Waals surface area contributed by atoms with Crippen molar-refractivity contribution >= 4 is 48.6 Å². The van der Waals surface area contributed by atoms with Gasteiger partial charge in [0.2, 0.25) is 8.14 Å². The minimum atomic E-state index is -0.639. The van der Waals surface area contributed by atoms with E-state index in [-0.39, 0.29) is 18.3 Å². The SMILES string of the molecule is Cl[SiH2]Cl.P.[B]. The molecule has 0 bridgehead atoms. The summed E-state index contributed by atoms with van der Waals surface area (Å²) in [7, 11) is -0.639. The Balaban J connectivity index is -0.0000000200. The van der Waals surface area contributed by atoms with Crippen LogP contribution >= 0.6 is 32.1 Å². The number of hydrogen-bond donors (Lipinski definition) is 0. The van der Waals surface area contributed by atoms with Gasteiger partial charge in [0.05, 0.1) is 0 Å². The molecule has 0 saturated heterocycles. The average Bonchev–Trinajstić information content (AvgIpc) is 0.918. The third-order valence-corrected chi connectivity index (χ3v) is 0. The Morgan fingerprint density at radius 3 is 1.20 bits per heavy atom. The smallest absolute Gasteiger partial charge is 0.155 e. The van der Waals surface area contributed by atoms with Gasteiger partial charge in [-0.2, -0.15) is 32.1 Å². The first-order chi connectivity index (χ1) is 1.41. The van der Waals surface area contributed by atoms with Crippen molar-refractivity contribution in [1.29, 1.82) is 0 Å². The Morgan fingerprint density at radius 2 is 1.20 bits per heavy atom. The van der Waals surface area contributed by atoms with Crippen LogP contribution in [0.4, 0.5) is 0 Å². The largest absolute Gasteiger partial charge is 0.222 e. The molecule has 0 aromatic carbocycles. The lowest BCUT2D eigenvalue weighted by molar-refractivity contribution is 4.39. The lowest BCUT2D eigenvalue weighted by Crippen LogP contribution is -1.36. The van der Waals surface area contributed by atoms with E-state index >= 15 is 0 Å². The van der Waals surface area contributed by atoms with Crippen LogP contribution in [0.3, 0.4) is 0 Å². The number of rotatable bonds is 0. The maximum Gasteiger partial charge on any atom is 0.222 e. The van der Waals surface area contributed by atoms with Gasteiger partial charge in [0.1, 0.15) is 0 Å². The zero-order valence-corrected chi connectivity index (χ0v) is 7.09. The predicted octanol–water partition coefficient (Wildman–Crippen LogP) is 0.140. The van der Waals surface area contributed by atoms with Crippen molar-refractivity contribution in [2.24, 2.45) is 0 Å². The molecule has 0 aliphatic heterocycles. The van der Waals surface area contributed by atoms with Crippen LogP contribution in [0, 0.1) is 0 Å². The molecular formula is H5BCl2PSi. The molecule has 1 unspecified atom stereocenters. The minimum Gasteiger partial charge on any atom is -0.155 e. The molecular weight excluding hydrogens is 141 g/mol. The molecule has 3 radical (unpaired) electrons. The summed E-state index contributed by atoms with van der Waals surface area (Å²) in [6, 6.07) is 0. The van der Waals surface area contributed by atoms with Gasteiger partial charge >= 0.3 is 0 Å². The molecule has 0 fully saturated rings. The highest BCUT2D eigenvalue weighted by molar-refractivity contribution is 7.22. The van der Waals surface area contributed by atoms with Crippen molar-refractivity contribution in [2.75, 3.05) is 0 Å². The van der Waals surface area contributed by atoms with E-state index < -0.39 is 8.14 Å². The fourth-order valence-corrected chi connectivity index (χ4v) is 0. The molecule has 0 rings (SSSR count). The molecule has 0 spiro atoms. The summed E-state index contributed by atoms with van der Waals surface area (Å²) in [6.07, 6.45) is 0. The molecule has 0 heterocycles. The molecule has 0 aromatic heterocycles. The van der Waals surface area contributed by atoms with E-state index in [2.05, 4.69) is 0 Å². The molecule has 1 atom stereocenters. The summed E-state index contributed by atoms with van der Waals surface area (Å²) in [4.78, 5) is 0. The van der Waals surface area contributed by atoms with Crippen LogP contribution in [0.25, 0.3) is 0 Å². The van der Waals surface area contributed by atoms with Crippen LogP contribution in [0.1, 0.15) is 0 Å². The third kappa shape index (κ3) is 34.4. The zero-order chi connectivity index (χ0) is 2.71. The van der Waals surface area contributed by atoms with Gasteiger partial charge in [-0.05, 0) is 0 Å². The molecule has 0 aliphatic rings. The van der Waals surface area contributed by atoms with E-state index in [1.807, 2.05) is 0 Å². The molecule has 31 valence electrons. The van der Waals surface area contributed by atoms with E-state index in [4.69, 9.17) is 22.2 Å². The minimum absolute atomic E-state index is 0. The van der Waals surface area contributed by atoms with Gasteiger partial charge in [-0.15, -0.1) is 0 Å². The highest BCUT2D eigenvalue weighted by atomic mass is 35.7. The highest BCUT2D eigenvalue weighted by Gasteiger charge is 1.46. The van der Waals surface area contributed by atoms with Crippen molar-refractivity contribution in [2.45, 2.75) is 0 Å². The molecule has 0 aromatic rings. The van der Waals surface area contributed by atoms with Gasteiger partial charge in [0.25, 0.3) is 0 Å². The standard InChI is InChI=1S/B.Cl2H2Si.H3P/c;1-3-2;/h;3H2;1H3. The lowest BCUT2D eigenvalue weighted by Gasteiger charge is -1.39. The Bertz CT molecular complexity index is 9.61. The van der Waals surface area contributed by atoms with Crippen LogP contribution in [0.15, 0.2) is 0 Å².